The molecule has 166 valence electrons. The minimum absolute atomic E-state index is 0.192. The number of rotatable bonds is 2. The van der Waals surface area contributed by atoms with Crippen LogP contribution in [-0.4, -0.2) is 25.8 Å². The van der Waals surface area contributed by atoms with Crippen LogP contribution in [0.15, 0.2) is 109 Å². The second kappa shape index (κ2) is 7.61. The molecule has 0 unspecified atom stereocenters. The molecule has 3 heterocycles. The Balaban J connectivity index is 1.43. The highest BCUT2D eigenvalue weighted by molar-refractivity contribution is 7.00. The fourth-order valence-corrected chi connectivity index (χ4v) is 5.85. The zero-order chi connectivity index (χ0) is 23.5. The largest absolute Gasteiger partial charge is 0.345 e. The van der Waals surface area contributed by atoms with E-state index in [2.05, 4.69) is 127 Å². The summed E-state index contributed by atoms with van der Waals surface area (Å²) in [6.07, 6.45) is 1.92. The number of fused-ring (bicyclic) bond motifs is 4. The maximum atomic E-state index is 4.76. The lowest BCUT2D eigenvalue weighted by Gasteiger charge is -2.42. The van der Waals surface area contributed by atoms with E-state index in [1.165, 1.54) is 50.3 Å². The van der Waals surface area contributed by atoms with E-state index < -0.39 is 0 Å². The average Bonchev–Trinajstić information content (AvgIpc) is 2.93. The van der Waals surface area contributed by atoms with E-state index in [1.54, 1.807) is 0 Å². The van der Waals surface area contributed by atoms with Crippen LogP contribution >= 0.6 is 0 Å². The fourth-order valence-electron chi connectivity index (χ4n) is 5.85. The molecule has 0 spiro atoms. The van der Waals surface area contributed by atoms with Crippen LogP contribution in [-0.2, 0) is 0 Å². The molecule has 4 heteroatoms. The van der Waals surface area contributed by atoms with Crippen molar-refractivity contribution < 1.29 is 0 Å². The van der Waals surface area contributed by atoms with Crippen LogP contribution in [0, 0.1) is 0 Å². The van der Waals surface area contributed by atoms with Gasteiger partial charge in [0, 0.05) is 43.0 Å². The van der Waals surface area contributed by atoms with Gasteiger partial charge < -0.3 is 9.80 Å². The zero-order valence-corrected chi connectivity index (χ0v) is 19.8. The Bertz CT molecular complexity index is 1580. The topological polar surface area (TPSA) is 19.4 Å². The lowest BCUT2D eigenvalue weighted by molar-refractivity contribution is 1.18. The summed E-state index contributed by atoms with van der Waals surface area (Å²) in [5.74, 6) is 0. The Hall–Kier alpha value is -4.31. The third kappa shape index (κ3) is 2.96. The van der Waals surface area contributed by atoms with Crippen LogP contribution in [0.1, 0.15) is 0 Å². The first-order chi connectivity index (χ1) is 17.2. The lowest BCUT2D eigenvalue weighted by atomic mass is 9.33. The maximum Gasteiger partial charge on any atom is 0.252 e. The Morgan fingerprint density at radius 2 is 1.23 bits per heavy atom. The van der Waals surface area contributed by atoms with E-state index >= 15 is 0 Å². The molecular weight excluding hydrogens is 425 g/mol. The smallest absolute Gasteiger partial charge is 0.252 e. The molecule has 0 atom stereocenters. The summed E-state index contributed by atoms with van der Waals surface area (Å²) in [6.45, 7) is 0.192. The van der Waals surface area contributed by atoms with Gasteiger partial charge in [0.05, 0.1) is 5.69 Å². The van der Waals surface area contributed by atoms with Gasteiger partial charge in [0.2, 0.25) is 0 Å². The number of nitrogens with zero attached hydrogens (tertiary/aromatic N) is 3. The van der Waals surface area contributed by atoms with E-state index in [4.69, 9.17) is 4.98 Å². The van der Waals surface area contributed by atoms with Crippen molar-refractivity contribution in [2.75, 3.05) is 23.9 Å². The zero-order valence-electron chi connectivity index (χ0n) is 19.8. The third-order valence-corrected chi connectivity index (χ3v) is 7.54. The molecular formula is C31H24BN3. The first kappa shape index (κ1) is 20.1. The molecule has 0 bridgehead atoms. The van der Waals surface area contributed by atoms with Gasteiger partial charge in [-0.2, -0.15) is 0 Å². The van der Waals surface area contributed by atoms with Gasteiger partial charge in [-0.1, -0.05) is 66.7 Å². The molecule has 2 aliphatic heterocycles. The maximum absolute atomic E-state index is 4.76. The summed E-state index contributed by atoms with van der Waals surface area (Å²) in [4.78, 5) is 9.43. The molecule has 0 amide bonds. The average molecular weight is 449 g/mol. The predicted octanol–water partition coefficient (Wildman–Crippen LogP) is 5.09. The Morgan fingerprint density at radius 1 is 0.543 bits per heavy atom. The molecule has 3 nitrogen and oxygen atoms in total. The fraction of sp³-hybridized carbons (Fsp3) is 0.0645. The Labute approximate surface area is 206 Å². The summed E-state index contributed by atoms with van der Waals surface area (Å²) in [5, 5.41) is 0. The number of aromatic nitrogens is 1. The molecule has 0 radical (unpaired) electrons. The van der Waals surface area contributed by atoms with Crippen molar-refractivity contribution in [1.29, 1.82) is 0 Å². The second-order valence-corrected chi connectivity index (χ2v) is 9.39. The molecule has 2 aliphatic rings. The quantitative estimate of drug-likeness (QED) is 0.350. The van der Waals surface area contributed by atoms with Gasteiger partial charge in [-0.25, -0.2) is 0 Å². The van der Waals surface area contributed by atoms with Gasteiger partial charge in [-0.3, -0.25) is 4.98 Å². The number of para-hydroxylation sites is 1. The van der Waals surface area contributed by atoms with Gasteiger partial charge in [-0.15, -0.1) is 0 Å². The van der Waals surface area contributed by atoms with Gasteiger partial charge in [-0.05, 0) is 69.5 Å². The molecule has 7 rings (SSSR count). The normalized spacial score (nSPS) is 13.3. The molecule has 35 heavy (non-hydrogen) atoms. The van der Waals surface area contributed by atoms with E-state index in [0.29, 0.717) is 0 Å². The van der Waals surface area contributed by atoms with Crippen LogP contribution in [0.3, 0.4) is 0 Å². The number of benzene rings is 4. The van der Waals surface area contributed by atoms with Gasteiger partial charge in [0.15, 0.2) is 0 Å². The van der Waals surface area contributed by atoms with Gasteiger partial charge in [0.1, 0.15) is 0 Å². The Morgan fingerprint density at radius 3 is 2.03 bits per heavy atom. The Kier molecular flexibility index (Phi) is 4.37. The lowest BCUT2D eigenvalue weighted by Crippen LogP contribution is -2.61. The molecule has 0 saturated carbocycles. The van der Waals surface area contributed by atoms with Crippen molar-refractivity contribution in [3.05, 3.63) is 109 Å². The molecule has 1 aromatic heterocycles. The standard InChI is InChI=1S/C31H24BN3/c1-34-27-12-7-6-11-24(27)32-25-19-23(26-20-22(17-18-33-26)21-9-4-3-5-10-21)15-16-28(25)35(2)30-14-8-13-29(34)31(30)32/h3-20H,1-2H3. The van der Waals surface area contributed by atoms with Crippen molar-refractivity contribution in [1.82, 2.24) is 4.98 Å². The molecule has 0 aliphatic carbocycles. The number of pyridine rings is 1. The number of anilines is 4. The minimum atomic E-state index is 0.192. The second-order valence-electron chi connectivity index (χ2n) is 9.39. The summed E-state index contributed by atoms with van der Waals surface area (Å²) in [5.41, 5.74) is 13.7. The summed E-state index contributed by atoms with van der Waals surface area (Å²) in [7, 11) is 4.36. The molecule has 5 aromatic rings. The SMILES string of the molecule is CN1c2ccccc2B2c3cc(-c4cc(-c5ccccc5)ccn4)ccc3N(C)c3cccc1c32. The van der Waals surface area contributed by atoms with E-state index in [9.17, 15) is 0 Å². The highest BCUT2D eigenvalue weighted by atomic mass is 15.1. The monoisotopic (exact) mass is 449 g/mol. The summed E-state index contributed by atoms with van der Waals surface area (Å²) >= 11 is 0. The van der Waals surface area contributed by atoms with Crippen molar-refractivity contribution in [2.24, 2.45) is 0 Å². The first-order valence-electron chi connectivity index (χ1n) is 12.1. The van der Waals surface area contributed by atoms with Crippen molar-refractivity contribution >= 4 is 45.9 Å². The van der Waals surface area contributed by atoms with Crippen LogP contribution < -0.4 is 26.2 Å². The van der Waals surface area contributed by atoms with E-state index in [1.807, 2.05) is 6.20 Å². The summed E-state index contributed by atoms with van der Waals surface area (Å²) < 4.78 is 0. The predicted molar refractivity (Wildman–Crippen MR) is 149 cm³/mol. The van der Waals surface area contributed by atoms with Crippen LogP contribution in [0.2, 0.25) is 0 Å². The van der Waals surface area contributed by atoms with Crippen molar-refractivity contribution in [2.45, 2.75) is 0 Å². The van der Waals surface area contributed by atoms with Gasteiger partial charge in [0.25, 0.3) is 6.71 Å². The minimum Gasteiger partial charge on any atom is -0.345 e. The van der Waals surface area contributed by atoms with Crippen molar-refractivity contribution in [3.63, 3.8) is 0 Å². The molecule has 0 saturated heterocycles. The molecule has 0 fully saturated rings. The van der Waals surface area contributed by atoms with Gasteiger partial charge >= 0.3 is 0 Å². The van der Waals surface area contributed by atoms with Crippen molar-refractivity contribution in [3.8, 4) is 22.4 Å². The number of hydrogen-bond donors (Lipinski definition) is 0. The molecule has 0 N–H and O–H groups in total. The van der Waals surface area contributed by atoms with E-state index in [0.717, 1.165) is 11.3 Å². The van der Waals surface area contributed by atoms with Crippen LogP contribution in [0.5, 0.6) is 0 Å². The summed E-state index contributed by atoms with van der Waals surface area (Å²) in [6, 6.07) is 37.1. The highest BCUT2D eigenvalue weighted by Gasteiger charge is 2.40. The van der Waals surface area contributed by atoms with Crippen LogP contribution in [0.4, 0.5) is 22.7 Å². The van der Waals surface area contributed by atoms with Crippen LogP contribution in [0.25, 0.3) is 22.4 Å². The molecule has 4 aromatic carbocycles. The highest BCUT2D eigenvalue weighted by Crippen LogP contribution is 2.36. The first-order valence-corrected chi connectivity index (χ1v) is 12.1. The number of hydrogen-bond acceptors (Lipinski definition) is 3. The van der Waals surface area contributed by atoms with E-state index in [-0.39, 0.29) is 6.71 Å². The third-order valence-electron chi connectivity index (χ3n) is 7.54.